The zero-order valence-electron chi connectivity index (χ0n) is 14.4. The van der Waals surface area contributed by atoms with Gasteiger partial charge in [0.1, 0.15) is 0 Å². The van der Waals surface area contributed by atoms with Crippen molar-refractivity contribution in [1.29, 1.82) is 0 Å². The summed E-state index contributed by atoms with van der Waals surface area (Å²) in [6, 6.07) is 6.77. The highest BCUT2D eigenvalue weighted by Crippen LogP contribution is 2.28. The number of carboxylic acid groups (broad SMARTS) is 1. The van der Waals surface area contributed by atoms with E-state index in [9.17, 15) is 14.7 Å². The number of benzene rings is 1. The van der Waals surface area contributed by atoms with E-state index in [1.807, 2.05) is 20.8 Å². The first-order valence-electron chi connectivity index (χ1n) is 7.82. The molecule has 0 aliphatic heterocycles. The van der Waals surface area contributed by atoms with Gasteiger partial charge in [0.25, 0.3) is 0 Å². The summed E-state index contributed by atoms with van der Waals surface area (Å²) < 4.78 is 0. The van der Waals surface area contributed by atoms with E-state index in [-0.39, 0.29) is 23.9 Å². The molecule has 0 saturated carbocycles. The van der Waals surface area contributed by atoms with Crippen LogP contribution >= 0.6 is 11.3 Å². The maximum absolute atomic E-state index is 12.5. The van der Waals surface area contributed by atoms with Gasteiger partial charge in [0.2, 0.25) is 5.91 Å². The summed E-state index contributed by atoms with van der Waals surface area (Å²) in [6.45, 7) is 5.90. The van der Waals surface area contributed by atoms with Gasteiger partial charge in [0.15, 0.2) is 0 Å². The molecular weight excluding hydrogens is 324 g/mol. The van der Waals surface area contributed by atoms with Gasteiger partial charge in [-0.25, -0.2) is 9.78 Å². The fourth-order valence-corrected chi connectivity index (χ4v) is 3.71. The zero-order valence-corrected chi connectivity index (χ0v) is 15.2. The number of hydrogen-bond acceptors (Lipinski definition) is 4. The molecule has 0 spiro atoms. The van der Waals surface area contributed by atoms with Crippen molar-refractivity contribution in [2.75, 3.05) is 7.05 Å². The summed E-state index contributed by atoms with van der Waals surface area (Å²) in [5.74, 6) is -0.969. The lowest BCUT2D eigenvalue weighted by Gasteiger charge is -2.24. The fourth-order valence-electron chi connectivity index (χ4n) is 2.69. The van der Waals surface area contributed by atoms with E-state index in [0.717, 1.165) is 15.6 Å². The van der Waals surface area contributed by atoms with Crippen LogP contribution in [-0.2, 0) is 11.2 Å². The Bertz CT molecular complexity index is 754. The van der Waals surface area contributed by atoms with Crippen molar-refractivity contribution >= 4 is 23.2 Å². The van der Waals surface area contributed by atoms with Crippen molar-refractivity contribution in [1.82, 2.24) is 9.88 Å². The van der Waals surface area contributed by atoms with Crippen molar-refractivity contribution in [3.63, 3.8) is 0 Å². The molecule has 0 saturated heterocycles. The number of aryl methyl sites for hydroxylation is 3. The van der Waals surface area contributed by atoms with E-state index in [0.29, 0.717) is 12.0 Å². The Labute approximate surface area is 146 Å². The highest BCUT2D eigenvalue weighted by atomic mass is 32.1. The molecule has 1 unspecified atom stereocenters. The first-order valence-corrected chi connectivity index (χ1v) is 8.63. The first-order chi connectivity index (χ1) is 11.3. The lowest BCUT2D eigenvalue weighted by atomic mass is 10.0. The molecule has 128 valence electrons. The number of nitrogens with zero attached hydrogens (tertiary/aromatic N) is 2. The zero-order chi connectivity index (χ0) is 17.9. The third-order valence-electron chi connectivity index (χ3n) is 4.15. The molecule has 0 radical (unpaired) electrons. The van der Waals surface area contributed by atoms with Crippen LogP contribution in [0.2, 0.25) is 0 Å². The molecule has 0 aliphatic carbocycles. The molecule has 0 aliphatic rings. The number of aromatic nitrogens is 1. The molecule has 2 aromatic rings. The summed E-state index contributed by atoms with van der Waals surface area (Å²) in [5.41, 5.74) is 1.90. The molecule has 1 atom stereocenters. The van der Waals surface area contributed by atoms with Crippen LogP contribution in [0.25, 0.3) is 0 Å². The molecule has 24 heavy (non-hydrogen) atoms. The van der Waals surface area contributed by atoms with Gasteiger partial charge >= 0.3 is 5.97 Å². The first kappa shape index (κ1) is 18.1. The van der Waals surface area contributed by atoms with Gasteiger partial charge in [-0.2, -0.15) is 0 Å². The van der Waals surface area contributed by atoms with Crippen LogP contribution in [-0.4, -0.2) is 33.9 Å². The second-order valence-corrected chi connectivity index (χ2v) is 7.06. The summed E-state index contributed by atoms with van der Waals surface area (Å²) in [5, 5.41) is 10.2. The van der Waals surface area contributed by atoms with E-state index in [1.165, 1.54) is 0 Å². The van der Waals surface area contributed by atoms with Gasteiger partial charge in [-0.3, -0.25) is 4.79 Å². The lowest BCUT2D eigenvalue weighted by Crippen LogP contribution is -2.29. The Hall–Kier alpha value is -2.21. The Morgan fingerprint density at radius 1 is 1.29 bits per heavy atom. The molecule has 0 bridgehead atoms. The van der Waals surface area contributed by atoms with Gasteiger partial charge in [0.05, 0.1) is 22.3 Å². The molecule has 1 aromatic carbocycles. The normalized spacial score (nSPS) is 12.0. The minimum atomic E-state index is -0.962. The standard InChI is InChI=1S/C18H22N2O3S/c1-11-17(24-13(3)19-11)12(2)20(4)16(21)10-9-14-7-5-6-8-15(14)18(22)23/h5-8,12H,9-10H2,1-4H3,(H,22,23). The number of carboxylic acids is 1. The predicted octanol–water partition coefficient (Wildman–Crippen LogP) is 3.61. The van der Waals surface area contributed by atoms with Crippen molar-refractivity contribution in [3.05, 3.63) is 51.0 Å². The van der Waals surface area contributed by atoms with Gasteiger partial charge in [-0.1, -0.05) is 18.2 Å². The second kappa shape index (κ2) is 7.57. The van der Waals surface area contributed by atoms with Crippen LogP contribution < -0.4 is 0 Å². The number of hydrogen-bond donors (Lipinski definition) is 1. The van der Waals surface area contributed by atoms with Crippen molar-refractivity contribution in [3.8, 4) is 0 Å². The van der Waals surface area contributed by atoms with E-state index in [1.54, 1.807) is 47.5 Å². The van der Waals surface area contributed by atoms with Crippen LogP contribution in [0.4, 0.5) is 0 Å². The maximum Gasteiger partial charge on any atom is 0.335 e. The highest BCUT2D eigenvalue weighted by Gasteiger charge is 2.21. The fraction of sp³-hybridized carbons (Fsp3) is 0.389. The van der Waals surface area contributed by atoms with Crippen LogP contribution in [0.1, 0.15) is 50.9 Å². The number of carbonyl (C=O) groups excluding carboxylic acids is 1. The number of thiazole rings is 1. The third-order valence-corrected chi connectivity index (χ3v) is 5.39. The maximum atomic E-state index is 12.5. The SMILES string of the molecule is Cc1nc(C)c(C(C)N(C)C(=O)CCc2ccccc2C(=O)O)s1. The van der Waals surface area contributed by atoms with Crippen LogP contribution in [0.3, 0.4) is 0 Å². The van der Waals surface area contributed by atoms with Gasteiger partial charge < -0.3 is 10.0 Å². The highest BCUT2D eigenvalue weighted by molar-refractivity contribution is 7.11. The molecule has 1 aromatic heterocycles. The quantitative estimate of drug-likeness (QED) is 0.867. The molecular formula is C18H22N2O3S. The predicted molar refractivity (Wildman–Crippen MR) is 94.5 cm³/mol. The Morgan fingerprint density at radius 3 is 2.54 bits per heavy atom. The van der Waals surface area contributed by atoms with Gasteiger partial charge in [-0.05, 0) is 38.8 Å². The van der Waals surface area contributed by atoms with Gasteiger partial charge in [-0.15, -0.1) is 11.3 Å². The molecule has 1 heterocycles. The Balaban J connectivity index is 2.05. The van der Waals surface area contributed by atoms with E-state index in [2.05, 4.69) is 4.98 Å². The molecule has 5 nitrogen and oxygen atoms in total. The topological polar surface area (TPSA) is 70.5 Å². The van der Waals surface area contributed by atoms with E-state index in [4.69, 9.17) is 0 Å². The summed E-state index contributed by atoms with van der Waals surface area (Å²) >= 11 is 1.61. The lowest BCUT2D eigenvalue weighted by molar-refractivity contribution is -0.131. The van der Waals surface area contributed by atoms with Crippen LogP contribution in [0.5, 0.6) is 0 Å². The average Bonchev–Trinajstić information content (AvgIpc) is 2.89. The number of aromatic carboxylic acids is 1. The summed E-state index contributed by atoms with van der Waals surface area (Å²) in [7, 11) is 1.78. The van der Waals surface area contributed by atoms with Crippen molar-refractivity contribution in [2.45, 2.75) is 39.7 Å². The van der Waals surface area contributed by atoms with E-state index >= 15 is 0 Å². The summed E-state index contributed by atoms with van der Waals surface area (Å²) in [6.07, 6.45) is 0.695. The largest absolute Gasteiger partial charge is 0.478 e. The number of amides is 1. The van der Waals surface area contributed by atoms with Crippen molar-refractivity contribution in [2.24, 2.45) is 0 Å². The number of rotatable bonds is 6. The average molecular weight is 346 g/mol. The van der Waals surface area contributed by atoms with Crippen LogP contribution in [0.15, 0.2) is 24.3 Å². The van der Waals surface area contributed by atoms with E-state index < -0.39 is 5.97 Å². The minimum Gasteiger partial charge on any atom is -0.478 e. The third kappa shape index (κ3) is 4.00. The van der Waals surface area contributed by atoms with Gasteiger partial charge in [0, 0.05) is 18.3 Å². The molecule has 1 N–H and O–H groups in total. The minimum absolute atomic E-state index is 0.00635. The Kier molecular flexibility index (Phi) is 5.72. The number of carbonyl (C=O) groups is 2. The second-order valence-electron chi connectivity index (χ2n) is 5.83. The molecule has 2 rings (SSSR count). The smallest absolute Gasteiger partial charge is 0.335 e. The molecule has 6 heteroatoms. The summed E-state index contributed by atoms with van der Waals surface area (Å²) in [4.78, 5) is 30.9. The monoisotopic (exact) mass is 346 g/mol. The molecule has 0 fully saturated rings. The van der Waals surface area contributed by atoms with Crippen molar-refractivity contribution < 1.29 is 14.7 Å². The molecule has 1 amide bonds. The van der Waals surface area contributed by atoms with Crippen LogP contribution in [0, 0.1) is 13.8 Å². The Morgan fingerprint density at radius 2 is 1.96 bits per heavy atom.